The molecule has 4 N–H and O–H groups in total. The summed E-state index contributed by atoms with van der Waals surface area (Å²) in [5.74, 6) is 0.535. The van der Waals surface area contributed by atoms with Gasteiger partial charge in [0.1, 0.15) is 11.5 Å². The fourth-order valence-corrected chi connectivity index (χ4v) is 4.58. The van der Waals surface area contributed by atoms with E-state index in [1.165, 1.54) is 12.1 Å². The number of nitrogens with two attached hydrogens (primary N) is 1. The van der Waals surface area contributed by atoms with E-state index in [2.05, 4.69) is 15.2 Å². The lowest BCUT2D eigenvalue weighted by atomic mass is 10.0. The molecule has 2 aromatic heterocycles. The van der Waals surface area contributed by atoms with Gasteiger partial charge in [-0.15, -0.1) is 0 Å². The zero-order valence-corrected chi connectivity index (χ0v) is 18.6. The van der Waals surface area contributed by atoms with Crippen molar-refractivity contribution >= 4 is 28.3 Å². The minimum Gasteiger partial charge on any atom is -0.370 e. The topological polar surface area (TPSA) is 99.9 Å². The zero-order chi connectivity index (χ0) is 23.1. The number of carbonyl (C=O) groups excluding carboxylic acids is 1. The highest BCUT2D eigenvalue weighted by Gasteiger charge is 2.24. The molecule has 1 aliphatic rings. The minimum absolute atomic E-state index is 0.267. The molecule has 1 amide bonds. The molecule has 0 bridgehead atoms. The molecule has 2 aromatic carbocycles. The van der Waals surface area contributed by atoms with E-state index in [0.29, 0.717) is 29.3 Å². The third-order valence-electron chi connectivity index (χ3n) is 6.10. The number of anilines is 2. The van der Waals surface area contributed by atoms with Crippen molar-refractivity contribution in [1.82, 2.24) is 15.0 Å². The fourth-order valence-electron chi connectivity index (χ4n) is 4.58. The number of rotatable bonds is 5. The van der Waals surface area contributed by atoms with E-state index < -0.39 is 5.91 Å². The number of aromatic nitrogens is 3. The van der Waals surface area contributed by atoms with Gasteiger partial charge in [-0.25, -0.2) is 14.4 Å². The van der Waals surface area contributed by atoms with Crippen LogP contribution in [0.3, 0.4) is 0 Å². The highest BCUT2D eigenvalue weighted by molar-refractivity contribution is 6.09. The molecule has 5 rings (SSSR count). The van der Waals surface area contributed by atoms with E-state index in [9.17, 15) is 9.18 Å². The average Bonchev–Trinajstić information content (AvgIpc) is 3.13. The molecule has 0 radical (unpaired) electrons. The number of halogens is 1. The summed E-state index contributed by atoms with van der Waals surface area (Å²) in [5, 5.41) is 4.25. The van der Waals surface area contributed by atoms with Gasteiger partial charge in [0.15, 0.2) is 11.6 Å². The number of aromatic amines is 1. The number of nitrogens with zero attached hydrogens (tertiary/aromatic N) is 3. The number of hydrogen-bond donors (Lipinski definition) is 3. The molecule has 7 nitrogen and oxygen atoms in total. The Morgan fingerprint density at radius 3 is 2.85 bits per heavy atom. The predicted octanol–water partition coefficient (Wildman–Crippen LogP) is 4.17. The van der Waals surface area contributed by atoms with Gasteiger partial charge in [0, 0.05) is 36.8 Å². The highest BCUT2D eigenvalue weighted by atomic mass is 19.1. The van der Waals surface area contributed by atoms with Crippen LogP contribution in [0.25, 0.3) is 22.3 Å². The van der Waals surface area contributed by atoms with Crippen molar-refractivity contribution in [3.8, 4) is 11.4 Å². The molecule has 0 fully saturated rings. The largest absolute Gasteiger partial charge is 0.370 e. The van der Waals surface area contributed by atoms with Gasteiger partial charge in [-0.3, -0.25) is 4.79 Å². The number of amides is 1. The van der Waals surface area contributed by atoms with E-state index in [-0.39, 0.29) is 5.82 Å². The maximum absolute atomic E-state index is 13.7. The number of primary amides is 1. The molecule has 0 saturated heterocycles. The predicted molar refractivity (Wildman–Crippen MR) is 128 cm³/mol. The summed E-state index contributed by atoms with van der Waals surface area (Å²) in [4.78, 5) is 27.2. The number of fused-ring (bicyclic) bond motifs is 2. The number of para-hydroxylation sites is 1. The lowest BCUT2D eigenvalue weighted by Gasteiger charge is -2.29. The molecule has 168 valence electrons. The van der Waals surface area contributed by atoms with Gasteiger partial charge in [-0.1, -0.05) is 24.3 Å². The summed E-state index contributed by atoms with van der Waals surface area (Å²) < 4.78 is 13.7. The number of aryl methyl sites for hydroxylation is 2. The van der Waals surface area contributed by atoms with Crippen LogP contribution in [-0.4, -0.2) is 34.5 Å². The normalized spacial score (nSPS) is 13.2. The molecule has 3 heterocycles. The third-order valence-corrected chi connectivity index (χ3v) is 6.10. The summed E-state index contributed by atoms with van der Waals surface area (Å²) in [6, 6.07) is 12.0. The Balaban J connectivity index is 1.64. The van der Waals surface area contributed by atoms with Crippen LogP contribution in [0.4, 0.5) is 15.9 Å². The van der Waals surface area contributed by atoms with Crippen LogP contribution in [0, 0.1) is 12.7 Å². The van der Waals surface area contributed by atoms with Crippen molar-refractivity contribution < 1.29 is 9.18 Å². The molecule has 0 spiro atoms. The van der Waals surface area contributed by atoms with Crippen LogP contribution in [0.15, 0.2) is 42.5 Å². The number of hydrogen-bond acceptors (Lipinski definition) is 5. The monoisotopic (exact) mass is 444 g/mol. The molecule has 8 heteroatoms. The van der Waals surface area contributed by atoms with Crippen molar-refractivity contribution in [3.63, 3.8) is 0 Å². The Bertz CT molecular complexity index is 1380. The van der Waals surface area contributed by atoms with Gasteiger partial charge in [0.2, 0.25) is 0 Å². The second kappa shape index (κ2) is 8.20. The lowest BCUT2D eigenvalue weighted by Crippen LogP contribution is -2.27. The number of carbonyl (C=O) groups is 1. The Hall–Kier alpha value is -3.94. The third kappa shape index (κ3) is 3.77. The van der Waals surface area contributed by atoms with Gasteiger partial charge < -0.3 is 20.9 Å². The number of H-pyrrole nitrogens is 1. The van der Waals surface area contributed by atoms with Crippen molar-refractivity contribution in [2.45, 2.75) is 26.3 Å². The zero-order valence-electron chi connectivity index (χ0n) is 18.6. The first-order chi connectivity index (χ1) is 15.9. The summed E-state index contributed by atoms with van der Waals surface area (Å²) in [7, 11) is 2.03. The fraction of sp³-hybridized carbons (Fsp3) is 0.240. The van der Waals surface area contributed by atoms with Crippen molar-refractivity contribution in [2.24, 2.45) is 5.73 Å². The summed E-state index contributed by atoms with van der Waals surface area (Å²) in [5.41, 5.74) is 11.2. The molecule has 0 unspecified atom stereocenters. The molecule has 33 heavy (non-hydrogen) atoms. The first kappa shape index (κ1) is 20.9. The Kier molecular flexibility index (Phi) is 5.20. The number of benzene rings is 2. The van der Waals surface area contributed by atoms with Crippen molar-refractivity contribution in [3.05, 3.63) is 70.8 Å². The first-order valence-corrected chi connectivity index (χ1v) is 10.9. The second-order valence-electron chi connectivity index (χ2n) is 8.42. The van der Waals surface area contributed by atoms with Gasteiger partial charge >= 0.3 is 0 Å². The van der Waals surface area contributed by atoms with Gasteiger partial charge in [-0.2, -0.15) is 0 Å². The number of nitrogens with one attached hydrogen (secondary N) is 2. The van der Waals surface area contributed by atoms with Gasteiger partial charge in [0.05, 0.1) is 16.8 Å². The molecular weight excluding hydrogens is 419 g/mol. The lowest BCUT2D eigenvalue weighted by molar-refractivity contribution is 0.100. The van der Waals surface area contributed by atoms with E-state index in [4.69, 9.17) is 15.7 Å². The van der Waals surface area contributed by atoms with Crippen LogP contribution < -0.4 is 16.0 Å². The van der Waals surface area contributed by atoms with Gasteiger partial charge in [0.25, 0.3) is 5.91 Å². The SMILES string of the molecule is Cc1[nH]c2c(C(N)=O)cccc2c1-c1nc2c(c(NCc3cccc(F)c3)n1)N(C)CCC2. The van der Waals surface area contributed by atoms with E-state index in [0.717, 1.165) is 53.0 Å². The Morgan fingerprint density at radius 2 is 2.06 bits per heavy atom. The average molecular weight is 445 g/mol. The summed E-state index contributed by atoms with van der Waals surface area (Å²) in [6.07, 6.45) is 1.85. The van der Waals surface area contributed by atoms with E-state index >= 15 is 0 Å². The van der Waals surface area contributed by atoms with Crippen LogP contribution in [0.5, 0.6) is 0 Å². The van der Waals surface area contributed by atoms with Crippen LogP contribution in [0.2, 0.25) is 0 Å². The first-order valence-electron chi connectivity index (χ1n) is 10.9. The second-order valence-corrected chi connectivity index (χ2v) is 8.42. The maximum Gasteiger partial charge on any atom is 0.250 e. The highest BCUT2D eigenvalue weighted by Crippen LogP contribution is 2.37. The van der Waals surface area contributed by atoms with Crippen molar-refractivity contribution in [2.75, 3.05) is 23.8 Å². The summed E-state index contributed by atoms with van der Waals surface area (Å²) >= 11 is 0. The van der Waals surface area contributed by atoms with Crippen molar-refractivity contribution in [1.29, 1.82) is 0 Å². The van der Waals surface area contributed by atoms with Crippen LogP contribution >= 0.6 is 0 Å². The smallest absolute Gasteiger partial charge is 0.250 e. The molecule has 0 atom stereocenters. The maximum atomic E-state index is 13.7. The molecular formula is C25H25FN6O. The molecule has 4 aromatic rings. The van der Waals surface area contributed by atoms with Crippen LogP contribution in [-0.2, 0) is 13.0 Å². The quantitative estimate of drug-likeness (QED) is 0.429. The molecule has 1 aliphatic heterocycles. The van der Waals surface area contributed by atoms with Crippen LogP contribution in [0.1, 0.15) is 33.7 Å². The Morgan fingerprint density at radius 1 is 1.24 bits per heavy atom. The van der Waals surface area contributed by atoms with E-state index in [1.54, 1.807) is 12.1 Å². The summed E-state index contributed by atoms with van der Waals surface area (Å²) in [6.45, 7) is 3.29. The standard InChI is InChI=1S/C25H25FN6O/c1-14-20(17-8-4-9-18(23(27)33)21(17)29-14)24-30-19-10-5-11-32(2)22(19)25(31-24)28-13-15-6-3-7-16(26)12-15/h3-4,6-9,12,29H,5,10-11,13H2,1-2H3,(H2,27,33)(H,28,30,31). The van der Waals surface area contributed by atoms with E-state index in [1.807, 2.05) is 32.2 Å². The Labute approximate surface area is 190 Å². The molecule has 0 saturated carbocycles. The molecule has 0 aliphatic carbocycles. The minimum atomic E-state index is -0.487. The van der Waals surface area contributed by atoms with Gasteiger partial charge in [-0.05, 0) is 43.5 Å².